The second kappa shape index (κ2) is 5.41. The summed E-state index contributed by atoms with van der Waals surface area (Å²) in [5, 5.41) is 3.97. The van der Waals surface area contributed by atoms with Crippen LogP contribution in [0, 0.1) is 0 Å². The summed E-state index contributed by atoms with van der Waals surface area (Å²) in [6, 6.07) is 24.5. The lowest BCUT2D eigenvalue weighted by Gasteiger charge is -2.23. The van der Waals surface area contributed by atoms with Gasteiger partial charge in [0.15, 0.2) is 0 Å². The Hall–Kier alpha value is -1.69. The number of hydrogen-bond donors (Lipinski definition) is 0. The molecule has 1 heterocycles. The summed E-state index contributed by atoms with van der Waals surface area (Å²) in [6.07, 6.45) is 0. The fraction of sp³-hybridized carbons (Fsp3) is 0.182. The Labute approximate surface area is 149 Å². The van der Waals surface area contributed by atoms with Crippen molar-refractivity contribution in [3.63, 3.8) is 0 Å². The molecule has 0 radical (unpaired) electrons. The lowest BCUT2D eigenvalue weighted by molar-refractivity contribution is 0.590. The Morgan fingerprint density at radius 3 is 1.58 bits per heavy atom. The molecule has 2 heteroatoms. The average molecular weight is 348 g/mol. The number of benzene rings is 3. The van der Waals surface area contributed by atoms with Gasteiger partial charge in [0.2, 0.25) is 0 Å². The molecule has 0 unspecified atom stereocenters. The second-order valence-corrected chi connectivity index (χ2v) is 11.8. The quantitative estimate of drug-likeness (QED) is 0.449. The van der Waals surface area contributed by atoms with Crippen LogP contribution in [0.1, 0.15) is 26.3 Å². The van der Waals surface area contributed by atoms with Gasteiger partial charge in [-0.15, -0.1) is 0 Å². The van der Waals surface area contributed by atoms with Gasteiger partial charge in [-0.3, -0.25) is 0 Å². The number of fused-ring (bicyclic) bond motifs is 3. The van der Waals surface area contributed by atoms with Crippen LogP contribution in [0.15, 0.2) is 72.8 Å². The molecule has 0 amide bonds. The maximum absolute atomic E-state index is 6.39. The van der Waals surface area contributed by atoms with Crippen molar-refractivity contribution in [2.24, 2.45) is 0 Å². The summed E-state index contributed by atoms with van der Waals surface area (Å²) in [5.74, 6) is 0. The van der Waals surface area contributed by atoms with Crippen LogP contribution < -0.4 is 15.9 Å². The fourth-order valence-corrected chi connectivity index (χ4v) is 7.90. The maximum atomic E-state index is 6.39. The van der Waals surface area contributed by atoms with E-state index in [2.05, 4.69) is 93.6 Å². The number of rotatable bonds is 1. The summed E-state index contributed by atoms with van der Waals surface area (Å²) in [7, 11) is 0. The number of hydrogen-bond acceptors (Lipinski definition) is 1. The third-order valence-corrected chi connectivity index (χ3v) is 9.85. The van der Waals surface area contributed by atoms with Crippen molar-refractivity contribution >= 4 is 33.8 Å². The highest BCUT2D eigenvalue weighted by Crippen LogP contribution is 2.52. The van der Waals surface area contributed by atoms with Gasteiger partial charge in [0.1, 0.15) is 0 Å². The van der Waals surface area contributed by atoms with E-state index in [-0.39, 0.29) is 5.41 Å². The van der Waals surface area contributed by atoms with Crippen LogP contribution >= 0.6 is 6.04 Å². The van der Waals surface area contributed by atoms with Crippen molar-refractivity contribution in [2.45, 2.75) is 26.2 Å². The fourth-order valence-electron chi connectivity index (χ4n) is 3.53. The normalized spacial score (nSPS) is 15.0. The maximum Gasteiger partial charge on any atom is 0.0391 e. The van der Waals surface area contributed by atoms with Gasteiger partial charge in [-0.25, -0.2) is 0 Å². The molecule has 0 aromatic heterocycles. The Balaban J connectivity index is 1.96. The van der Waals surface area contributed by atoms with Gasteiger partial charge < -0.3 is 0 Å². The lowest BCUT2D eigenvalue weighted by Crippen LogP contribution is -2.21. The lowest BCUT2D eigenvalue weighted by atomic mass is 9.87. The van der Waals surface area contributed by atoms with E-state index >= 15 is 0 Å². The average Bonchev–Trinajstić information content (AvgIpc) is 2.86. The van der Waals surface area contributed by atoms with Crippen molar-refractivity contribution in [2.75, 3.05) is 0 Å². The first-order valence-electron chi connectivity index (χ1n) is 8.33. The molecule has 120 valence electrons. The van der Waals surface area contributed by atoms with Gasteiger partial charge in [0.05, 0.1) is 0 Å². The smallest absolute Gasteiger partial charge is 0.0391 e. The van der Waals surface area contributed by atoms with E-state index in [9.17, 15) is 0 Å². The van der Waals surface area contributed by atoms with E-state index in [4.69, 9.17) is 11.8 Å². The molecular formula is C22H21PS. The Kier molecular flexibility index (Phi) is 3.56. The monoisotopic (exact) mass is 348 g/mol. The van der Waals surface area contributed by atoms with Crippen molar-refractivity contribution in [3.05, 3.63) is 78.4 Å². The van der Waals surface area contributed by atoms with Crippen molar-refractivity contribution in [1.82, 2.24) is 0 Å². The first-order chi connectivity index (χ1) is 11.4. The molecule has 0 nitrogen and oxygen atoms in total. The van der Waals surface area contributed by atoms with Gasteiger partial charge in [-0.1, -0.05) is 105 Å². The zero-order chi connectivity index (χ0) is 16.9. The highest BCUT2D eigenvalue weighted by atomic mass is 32.4. The Bertz CT molecular complexity index is 912. The van der Waals surface area contributed by atoms with E-state index < -0.39 is 6.04 Å². The molecule has 24 heavy (non-hydrogen) atoms. The predicted octanol–water partition coefficient (Wildman–Crippen LogP) is 4.72. The van der Waals surface area contributed by atoms with Crippen LogP contribution in [0.4, 0.5) is 0 Å². The molecule has 0 saturated carbocycles. The van der Waals surface area contributed by atoms with E-state index in [0.717, 1.165) is 0 Å². The highest BCUT2D eigenvalue weighted by molar-refractivity contribution is 8.26. The van der Waals surface area contributed by atoms with Gasteiger partial charge in [0.25, 0.3) is 0 Å². The minimum atomic E-state index is -1.94. The third-order valence-electron chi connectivity index (χ3n) is 4.87. The standard InChI is InChI=1S/C22H21PS/c1-22(2,3)16-12-14-17(15-13-16)23(24)20-10-6-4-8-18(20)19-9-5-7-11-21(19)23/h4-15H,1-3H3. The molecule has 0 N–H and O–H groups in total. The van der Waals surface area contributed by atoms with Gasteiger partial charge in [-0.05, 0) is 27.4 Å². The minimum absolute atomic E-state index is 0.164. The molecule has 0 spiro atoms. The first kappa shape index (κ1) is 15.8. The zero-order valence-corrected chi connectivity index (χ0v) is 16.0. The summed E-state index contributed by atoms with van der Waals surface area (Å²) in [5.41, 5.74) is 4.15. The summed E-state index contributed by atoms with van der Waals surface area (Å²) in [6.45, 7) is 6.75. The minimum Gasteiger partial charge on any atom is -0.0826 e. The van der Waals surface area contributed by atoms with Crippen LogP contribution in [-0.4, -0.2) is 0 Å². The van der Waals surface area contributed by atoms with E-state index in [1.54, 1.807) is 0 Å². The Morgan fingerprint density at radius 2 is 1.12 bits per heavy atom. The second-order valence-electron chi connectivity index (χ2n) is 7.44. The summed E-state index contributed by atoms with van der Waals surface area (Å²) < 4.78 is 0. The molecule has 4 rings (SSSR count). The third kappa shape index (κ3) is 2.23. The highest BCUT2D eigenvalue weighted by Gasteiger charge is 2.35. The molecule has 0 fully saturated rings. The van der Waals surface area contributed by atoms with Crippen molar-refractivity contribution < 1.29 is 0 Å². The molecule has 0 bridgehead atoms. The van der Waals surface area contributed by atoms with Crippen LogP contribution in [0.3, 0.4) is 0 Å². The molecule has 3 aromatic carbocycles. The van der Waals surface area contributed by atoms with Gasteiger partial charge in [-0.2, -0.15) is 0 Å². The topological polar surface area (TPSA) is 0 Å². The summed E-state index contributed by atoms with van der Waals surface area (Å²) in [4.78, 5) is 0. The van der Waals surface area contributed by atoms with Gasteiger partial charge >= 0.3 is 0 Å². The van der Waals surface area contributed by atoms with Crippen LogP contribution in [0.5, 0.6) is 0 Å². The van der Waals surface area contributed by atoms with Gasteiger partial charge in [0, 0.05) is 16.6 Å². The van der Waals surface area contributed by atoms with E-state index in [0.29, 0.717) is 0 Å². The molecule has 1 aliphatic rings. The molecular weight excluding hydrogens is 327 g/mol. The van der Waals surface area contributed by atoms with Crippen molar-refractivity contribution in [3.8, 4) is 11.1 Å². The SMILES string of the molecule is CC(C)(C)c1ccc(P2(=S)c3ccccc3-c3ccccc32)cc1. The zero-order valence-electron chi connectivity index (χ0n) is 14.3. The molecule has 0 atom stereocenters. The molecule has 1 aliphatic heterocycles. The van der Waals surface area contributed by atoms with Crippen molar-refractivity contribution in [1.29, 1.82) is 0 Å². The van der Waals surface area contributed by atoms with Crippen LogP contribution in [0.25, 0.3) is 11.1 Å². The van der Waals surface area contributed by atoms with E-state index in [1.807, 2.05) is 0 Å². The first-order valence-corrected chi connectivity index (χ1v) is 11.1. The Morgan fingerprint density at radius 1 is 0.667 bits per heavy atom. The molecule has 0 aliphatic carbocycles. The molecule has 3 aromatic rings. The van der Waals surface area contributed by atoms with E-state index in [1.165, 1.54) is 32.6 Å². The largest absolute Gasteiger partial charge is 0.0826 e. The van der Waals surface area contributed by atoms with Crippen LogP contribution in [-0.2, 0) is 17.2 Å². The molecule has 0 saturated heterocycles. The van der Waals surface area contributed by atoms with Crippen LogP contribution in [0.2, 0.25) is 0 Å². The summed E-state index contributed by atoms with van der Waals surface area (Å²) >= 11 is 6.39. The predicted molar refractivity (Wildman–Crippen MR) is 110 cm³/mol.